The van der Waals surface area contributed by atoms with Crippen molar-refractivity contribution in [2.24, 2.45) is 0 Å². The molecule has 126 valence electrons. The number of carbonyl (C=O) groups excluding carboxylic acids is 2. The summed E-state index contributed by atoms with van der Waals surface area (Å²) in [6.45, 7) is 6.45. The fourth-order valence-electron chi connectivity index (χ4n) is 2.50. The van der Waals surface area contributed by atoms with Gasteiger partial charge in [0.2, 0.25) is 11.8 Å². The Morgan fingerprint density at radius 1 is 0.958 bits per heavy atom. The van der Waals surface area contributed by atoms with E-state index in [2.05, 4.69) is 5.32 Å². The van der Waals surface area contributed by atoms with Crippen molar-refractivity contribution in [3.63, 3.8) is 0 Å². The first kappa shape index (κ1) is 17.7. The Hall–Kier alpha value is -2.62. The third-order valence-electron chi connectivity index (χ3n) is 4.10. The third-order valence-corrected chi connectivity index (χ3v) is 4.10. The normalized spacial score (nSPS) is 10.3. The van der Waals surface area contributed by atoms with Gasteiger partial charge in [-0.3, -0.25) is 9.59 Å². The average Bonchev–Trinajstić information content (AvgIpc) is 2.55. The second-order valence-corrected chi connectivity index (χ2v) is 5.98. The zero-order valence-electron chi connectivity index (χ0n) is 14.5. The lowest BCUT2D eigenvalue weighted by molar-refractivity contribution is -0.129. The minimum atomic E-state index is -0.0830. The highest BCUT2D eigenvalue weighted by atomic mass is 16.2. The molecule has 0 spiro atoms. The summed E-state index contributed by atoms with van der Waals surface area (Å²) in [5, 5.41) is 2.90. The molecule has 0 aliphatic rings. The predicted octanol–water partition coefficient (Wildman–Crippen LogP) is 3.68. The summed E-state index contributed by atoms with van der Waals surface area (Å²) in [4.78, 5) is 25.7. The Morgan fingerprint density at radius 3 is 2.21 bits per heavy atom. The molecule has 0 radical (unpaired) electrons. The lowest BCUT2D eigenvalue weighted by Gasteiger charge is -2.22. The summed E-state index contributed by atoms with van der Waals surface area (Å²) in [5.41, 5.74) is 4.09. The van der Waals surface area contributed by atoms with Gasteiger partial charge in [0.1, 0.15) is 0 Å². The van der Waals surface area contributed by atoms with Crippen LogP contribution in [0.1, 0.15) is 30.0 Å². The SMILES string of the molecule is CC(=O)N(CCC(=O)Nc1ccccc1C)Cc1ccccc1C. The molecular weight excluding hydrogens is 300 g/mol. The second kappa shape index (κ2) is 8.29. The van der Waals surface area contributed by atoms with Gasteiger partial charge < -0.3 is 10.2 Å². The molecule has 2 rings (SSSR count). The van der Waals surface area contributed by atoms with Crippen molar-refractivity contribution in [3.05, 3.63) is 65.2 Å². The molecule has 1 N–H and O–H groups in total. The van der Waals surface area contributed by atoms with Crippen LogP contribution in [-0.2, 0) is 16.1 Å². The fraction of sp³-hybridized carbons (Fsp3) is 0.300. The van der Waals surface area contributed by atoms with Gasteiger partial charge in [0.25, 0.3) is 0 Å². The molecule has 2 amide bonds. The Morgan fingerprint density at radius 2 is 1.58 bits per heavy atom. The van der Waals surface area contributed by atoms with Crippen LogP contribution in [0.15, 0.2) is 48.5 Å². The molecule has 0 aliphatic heterocycles. The van der Waals surface area contributed by atoms with E-state index in [1.54, 1.807) is 4.90 Å². The van der Waals surface area contributed by atoms with E-state index in [-0.39, 0.29) is 18.2 Å². The van der Waals surface area contributed by atoms with Crippen molar-refractivity contribution in [1.82, 2.24) is 4.90 Å². The Kier molecular flexibility index (Phi) is 6.13. The Labute approximate surface area is 143 Å². The smallest absolute Gasteiger partial charge is 0.226 e. The minimum absolute atomic E-state index is 0.0260. The van der Waals surface area contributed by atoms with E-state index in [4.69, 9.17) is 0 Å². The van der Waals surface area contributed by atoms with Gasteiger partial charge in [-0.05, 0) is 36.6 Å². The van der Waals surface area contributed by atoms with Gasteiger partial charge in [-0.1, -0.05) is 42.5 Å². The summed E-state index contributed by atoms with van der Waals surface area (Å²) < 4.78 is 0. The number of benzene rings is 2. The van der Waals surface area contributed by atoms with E-state index in [1.165, 1.54) is 6.92 Å². The van der Waals surface area contributed by atoms with Gasteiger partial charge in [-0.25, -0.2) is 0 Å². The van der Waals surface area contributed by atoms with Crippen LogP contribution in [0.25, 0.3) is 0 Å². The number of hydrogen-bond donors (Lipinski definition) is 1. The summed E-state index contributed by atoms with van der Waals surface area (Å²) in [6.07, 6.45) is 0.278. The maximum absolute atomic E-state index is 12.2. The first-order valence-electron chi connectivity index (χ1n) is 8.13. The minimum Gasteiger partial charge on any atom is -0.338 e. The summed E-state index contributed by atoms with van der Waals surface area (Å²) in [7, 11) is 0. The number of anilines is 1. The average molecular weight is 324 g/mol. The predicted molar refractivity (Wildman–Crippen MR) is 96.7 cm³/mol. The monoisotopic (exact) mass is 324 g/mol. The molecule has 0 aromatic heterocycles. The largest absolute Gasteiger partial charge is 0.338 e. The Bertz CT molecular complexity index is 725. The Balaban J connectivity index is 1.94. The quantitative estimate of drug-likeness (QED) is 0.881. The van der Waals surface area contributed by atoms with E-state index in [0.29, 0.717) is 13.1 Å². The van der Waals surface area contributed by atoms with Crippen LogP contribution in [0.5, 0.6) is 0 Å². The van der Waals surface area contributed by atoms with Gasteiger partial charge in [0.15, 0.2) is 0 Å². The van der Waals surface area contributed by atoms with Crippen molar-refractivity contribution in [2.75, 3.05) is 11.9 Å². The van der Waals surface area contributed by atoms with E-state index in [1.807, 2.05) is 62.4 Å². The standard InChI is InChI=1S/C20H24N2O2/c1-15-8-4-6-10-18(15)14-22(17(3)23)13-12-20(24)21-19-11-7-5-9-16(19)2/h4-11H,12-14H2,1-3H3,(H,21,24). The van der Waals surface area contributed by atoms with Crippen molar-refractivity contribution in [1.29, 1.82) is 0 Å². The maximum atomic E-state index is 12.2. The van der Waals surface area contributed by atoms with Crippen LogP contribution >= 0.6 is 0 Å². The maximum Gasteiger partial charge on any atom is 0.226 e. The summed E-state index contributed by atoms with van der Waals surface area (Å²) in [6, 6.07) is 15.6. The van der Waals surface area contributed by atoms with E-state index >= 15 is 0 Å². The molecule has 0 aliphatic carbocycles. The van der Waals surface area contributed by atoms with Crippen LogP contribution in [-0.4, -0.2) is 23.3 Å². The molecule has 0 saturated carbocycles. The number of para-hydroxylation sites is 1. The van der Waals surface area contributed by atoms with Crippen LogP contribution in [0.4, 0.5) is 5.69 Å². The number of amides is 2. The number of hydrogen-bond acceptors (Lipinski definition) is 2. The molecule has 0 fully saturated rings. The molecule has 4 nitrogen and oxygen atoms in total. The van der Waals surface area contributed by atoms with Crippen LogP contribution in [0, 0.1) is 13.8 Å². The van der Waals surface area contributed by atoms with E-state index in [9.17, 15) is 9.59 Å². The summed E-state index contributed by atoms with van der Waals surface area (Å²) in [5.74, 6) is -0.109. The van der Waals surface area contributed by atoms with Crippen molar-refractivity contribution in [2.45, 2.75) is 33.7 Å². The topological polar surface area (TPSA) is 49.4 Å². The van der Waals surface area contributed by atoms with Gasteiger partial charge in [0.05, 0.1) is 0 Å². The highest BCUT2D eigenvalue weighted by molar-refractivity contribution is 5.91. The van der Waals surface area contributed by atoms with Crippen molar-refractivity contribution >= 4 is 17.5 Å². The van der Waals surface area contributed by atoms with Gasteiger partial charge in [-0.15, -0.1) is 0 Å². The first-order chi connectivity index (χ1) is 11.5. The molecule has 0 heterocycles. The van der Waals surface area contributed by atoms with Crippen LogP contribution in [0.3, 0.4) is 0 Å². The molecule has 0 bridgehead atoms. The molecule has 2 aromatic rings. The zero-order valence-corrected chi connectivity index (χ0v) is 14.5. The van der Waals surface area contributed by atoms with E-state index < -0.39 is 0 Å². The van der Waals surface area contributed by atoms with E-state index in [0.717, 1.165) is 22.4 Å². The number of aryl methyl sites for hydroxylation is 2. The van der Waals surface area contributed by atoms with Crippen LogP contribution in [0.2, 0.25) is 0 Å². The van der Waals surface area contributed by atoms with Gasteiger partial charge >= 0.3 is 0 Å². The lowest BCUT2D eigenvalue weighted by Crippen LogP contribution is -2.31. The molecular formula is C20H24N2O2. The van der Waals surface area contributed by atoms with Crippen molar-refractivity contribution < 1.29 is 9.59 Å². The number of carbonyl (C=O) groups is 2. The first-order valence-corrected chi connectivity index (χ1v) is 8.13. The number of rotatable bonds is 6. The molecule has 0 atom stereocenters. The zero-order chi connectivity index (χ0) is 17.5. The van der Waals surface area contributed by atoms with Crippen LogP contribution < -0.4 is 5.32 Å². The van der Waals surface area contributed by atoms with Crippen molar-refractivity contribution in [3.8, 4) is 0 Å². The van der Waals surface area contributed by atoms with Gasteiger partial charge in [-0.2, -0.15) is 0 Å². The number of nitrogens with one attached hydrogen (secondary N) is 1. The molecule has 24 heavy (non-hydrogen) atoms. The second-order valence-electron chi connectivity index (χ2n) is 5.98. The molecule has 0 unspecified atom stereocenters. The summed E-state index contributed by atoms with van der Waals surface area (Å²) >= 11 is 0. The molecule has 0 saturated heterocycles. The molecule has 2 aromatic carbocycles. The highest BCUT2D eigenvalue weighted by Crippen LogP contribution is 2.14. The molecule has 4 heteroatoms. The third kappa shape index (κ3) is 4.95. The fourth-order valence-corrected chi connectivity index (χ4v) is 2.50. The lowest BCUT2D eigenvalue weighted by atomic mass is 10.1. The highest BCUT2D eigenvalue weighted by Gasteiger charge is 2.13. The number of nitrogens with zero attached hydrogens (tertiary/aromatic N) is 1. The van der Waals surface area contributed by atoms with Gasteiger partial charge in [0, 0.05) is 32.1 Å².